The van der Waals surface area contributed by atoms with Gasteiger partial charge in [0.2, 0.25) is 5.91 Å². The van der Waals surface area contributed by atoms with Crippen LogP contribution in [-0.2, 0) is 19.1 Å². The number of hydrogen-bond donors (Lipinski definition) is 1. The Kier molecular flexibility index (Phi) is 7.81. The number of ether oxygens (including phenoxy) is 2. The lowest BCUT2D eigenvalue weighted by atomic mass is 10.2. The minimum absolute atomic E-state index is 0.101. The minimum atomic E-state index is -0.493. The second-order valence-corrected chi connectivity index (χ2v) is 8.21. The highest BCUT2D eigenvalue weighted by molar-refractivity contribution is 5.98. The van der Waals surface area contributed by atoms with Crippen molar-refractivity contribution in [3.8, 4) is 0 Å². The average Bonchev–Trinajstić information content (AvgIpc) is 3.16. The van der Waals surface area contributed by atoms with Crippen LogP contribution in [0.1, 0.15) is 37.0 Å². The maximum Gasteiger partial charge on any atom is 0.325 e. The number of amides is 2. The fourth-order valence-electron chi connectivity index (χ4n) is 3.77. The molecule has 2 aliphatic heterocycles. The van der Waals surface area contributed by atoms with Crippen molar-refractivity contribution in [3.05, 3.63) is 29.8 Å². The molecule has 0 spiro atoms. The van der Waals surface area contributed by atoms with Crippen LogP contribution in [0.3, 0.4) is 0 Å². The number of morpholine rings is 1. The largest absolute Gasteiger partial charge is 0.462 e. The van der Waals surface area contributed by atoms with E-state index in [0.29, 0.717) is 31.1 Å². The lowest BCUT2D eigenvalue weighted by Gasteiger charge is -2.33. The van der Waals surface area contributed by atoms with Crippen molar-refractivity contribution < 1.29 is 23.9 Å². The van der Waals surface area contributed by atoms with Crippen molar-refractivity contribution in [2.45, 2.75) is 32.8 Å². The molecule has 0 saturated carbocycles. The molecule has 0 radical (unpaired) electrons. The van der Waals surface area contributed by atoms with Crippen LogP contribution in [0.4, 0.5) is 5.69 Å². The molecule has 1 N–H and O–H groups in total. The summed E-state index contributed by atoms with van der Waals surface area (Å²) < 4.78 is 10.9. The van der Waals surface area contributed by atoms with Crippen LogP contribution in [-0.4, -0.2) is 74.7 Å². The molecule has 164 valence electrons. The molecular weight excluding hydrogens is 386 g/mol. The Morgan fingerprint density at radius 1 is 1.23 bits per heavy atom. The minimum Gasteiger partial charge on any atom is -0.462 e. The fourth-order valence-corrected chi connectivity index (χ4v) is 3.77. The molecule has 1 atom stereocenters. The molecule has 0 bridgehead atoms. The first-order valence-electron chi connectivity index (χ1n) is 10.6. The average molecular weight is 418 g/mol. The Labute approximate surface area is 177 Å². The van der Waals surface area contributed by atoms with Crippen molar-refractivity contribution in [2.24, 2.45) is 5.92 Å². The topological polar surface area (TPSA) is 88.2 Å². The van der Waals surface area contributed by atoms with Gasteiger partial charge in [-0.2, -0.15) is 0 Å². The summed E-state index contributed by atoms with van der Waals surface area (Å²) in [7, 11) is 0. The number of nitrogens with one attached hydrogen (secondary N) is 1. The number of esters is 1. The van der Waals surface area contributed by atoms with Crippen LogP contribution in [0, 0.1) is 5.92 Å². The monoisotopic (exact) mass is 417 g/mol. The summed E-state index contributed by atoms with van der Waals surface area (Å²) in [6.07, 6.45) is 1.27. The molecule has 30 heavy (non-hydrogen) atoms. The van der Waals surface area contributed by atoms with Gasteiger partial charge in [0.05, 0.1) is 6.61 Å². The highest BCUT2D eigenvalue weighted by Crippen LogP contribution is 2.21. The summed E-state index contributed by atoms with van der Waals surface area (Å²) in [5.74, 6) is -0.175. The van der Waals surface area contributed by atoms with Gasteiger partial charge < -0.3 is 19.7 Å². The Morgan fingerprint density at radius 3 is 2.67 bits per heavy atom. The van der Waals surface area contributed by atoms with E-state index in [-0.39, 0.29) is 31.1 Å². The molecule has 2 heterocycles. The zero-order valence-electron chi connectivity index (χ0n) is 17.8. The second kappa shape index (κ2) is 10.5. The first kappa shape index (κ1) is 22.2. The van der Waals surface area contributed by atoms with Gasteiger partial charge in [0.25, 0.3) is 5.91 Å². The summed E-state index contributed by atoms with van der Waals surface area (Å²) in [6.45, 7) is 8.29. The van der Waals surface area contributed by atoms with Crippen LogP contribution < -0.4 is 10.2 Å². The Morgan fingerprint density at radius 2 is 2.00 bits per heavy atom. The van der Waals surface area contributed by atoms with Crippen LogP contribution >= 0.6 is 0 Å². The number of benzene rings is 1. The molecule has 2 fully saturated rings. The highest BCUT2D eigenvalue weighted by Gasteiger charge is 2.23. The third kappa shape index (κ3) is 6.27. The fraction of sp³-hybridized carbons (Fsp3) is 0.591. The molecule has 2 aliphatic rings. The maximum absolute atomic E-state index is 12.3. The predicted octanol–water partition coefficient (Wildman–Crippen LogP) is 1.44. The molecule has 0 unspecified atom stereocenters. The van der Waals surface area contributed by atoms with Gasteiger partial charge in [-0.15, -0.1) is 0 Å². The smallest absolute Gasteiger partial charge is 0.325 e. The Bertz CT molecular complexity index is 750. The van der Waals surface area contributed by atoms with Crippen molar-refractivity contribution in [2.75, 3.05) is 50.8 Å². The lowest BCUT2D eigenvalue weighted by molar-refractivity contribution is -0.149. The van der Waals surface area contributed by atoms with Crippen molar-refractivity contribution in [1.29, 1.82) is 0 Å². The van der Waals surface area contributed by atoms with Crippen LogP contribution in [0.2, 0.25) is 0 Å². The molecule has 2 amide bonds. The summed E-state index contributed by atoms with van der Waals surface area (Å²) in [4.78, 5) is 40.1. The summed E-state index contributed by atoms with van der Waals surface area (Å²) >= 11 is 0. The van der Waals surface area contributed by atoms with Gasteiger partial charge in [0.1, 0.15) is 19.3 Å². The number of nitrogens with zero attached hydrogens (tertiary/aromatic N) is 2. The molecule has 3 rings (SSSR count). The molecular formula is C22H31N3O5. The zero-order chi connectivity index (χ0) is 21.5. The number of carbonyl (C=O) groups excluding carboxylic acids is 3. The van der Waals surface area contributed by atoms with Gasteiger partial charge in [0.15, 0.2) is 0 Å². The molecule has 1 aromatic carbocycles. The van der Waals surface area contributed by atoms with Gasteiger partial charge in [-0.25, -0.2) is 0 Å². The summed E-state index contributed by atoms with van der Waals surface area (Å²) in [6, 6.07) is 6.81. The maximum atomic E-state index is 12.3. The summed E-state index contributed by atoms with van der Waals surface area (Å²) in [5.41, 5.74) is 1.21. The Balaban J connectivity index is 1.39. The number of anilines is 1. The van der Waals surface area contributed by atoms with Gasteiger partial charge in [-0.05, 0) is 36.6 Å². The number of hydrogen-bond acceptors (Lipinski definition) is 6. The standard InChI is InChI=1S/C22H31N3O5/c1-16(2)13-24-10-11-29-19(14-24)15-30-21(27)12-23-22(28)17-5-7-18(8-6-17)25-9-3-4-20(25)26/h5-8,16,19H,3-4,9-15H2,1-2H3,(H,23,28)/t19-/m1/s1. The van der Waals surface area contributed by atoms with Crippen molar-refractivity contribution in [1.82, 2.24) is 10.2 Å². The van der Waals surface area contributed by atoms with Gasteiger partial charge in [0, 0.05) is 43.9 Å². The van der Waals surface area contributed by atoms with Crippen LogP contribution in [0.5, 0.6) is 0 Å². The zero-order valence-corrected chi connectivity index (χ0v) is 17.8. The van der Waals surface area contributed by atoms with Crippen LogP contribution in [0.15, 0.2) is 24.3 Å². The third-order valence-corrected chi connectivity index (χ3v) is 5.18. The van der Waals surface area contributed by atoms with Crippen LogP contribution in [0.25, 0.3) is 0 Å². The van der Waals surface area contributed by atoms with E-state index in [4.69, 9.17) is 9.47 Å². The van der Waals surface area contributed by atoms with E-state index >= 15 is 0 Å². The molecule has 0 aromatic heterocycles. The van der Waals surface area contributed by atoms with Gasteiger partial charge in [-0.3, -0.25) is 19.3 Å². The molecule has 2 saturated heterocycles. The highest BCUT2D eigenvalue weighted by atomic mass is 16.6. The normalized spacial score (nSPS) is 19.9. The molecule has 8 heteroatoms. The van der Waals surface area contributed by atoms with E-state index in [1.807, 2.05) is 0 Å². The van der Waals surface area contributed by atoms with Gasteiger partial charge in [-0.1, -0.05) is 13.8 Å². The molecule has 8 nitrogen and oxygen atoms in total. The second-order valence-electron chi connectivity index (χ2n) is 8.21. The van der Waals surface area contributed by atoms with E-state index < -0.39 is 5.97 Å². The number of rotatable bonds is 8. The summed E-state index contributed by atoms with van der Waals surface area (Å²) in [5, 5.41) is 2.57. The van der Waals surface area contributed by atoms with Gasteiger partial charge >= 0.3 is 5.97 Å². The van der Waals surface area contributed by atoms with E-state index in [1.165, 1.54) is 0 Å². The molecule has 1 aromatic rings. The van der Waals surface area contributed by atoms with E-state index in [2.05, 4.69) is 24.1 Å². The van der Waals surface area contributed by atoms with E-state index in [9.17, 15) is 14.4 Å². The lowest BCUT2D eigenvalue weighted by Crippen LogP contribution is -2.46. The SMILES string of the molecule is CC(C)CN1CCO[C@@H](COC(=O)CNC(=O)c2ccc(N3CCCC3=O)cc2)C1. The van der Waals surface area contributed by atoms with Crippen molar-refractivity contribution >= 4 is 23.5 Å². The predicted molar refractivity (Wildman–Crippen MR) is 112 cm³/mol. The van der Waals surface area contributed by atoms with Crippen molar-refractivity contribution in [3.63, 3.8) is 0 Å². The first-order chi connectivity index (χ1) is 14.4. The van der Waals surface area contributed by atoms with E-state index in [1.54, 1.807) is 29.2 Å². The molecule has 0 aliphatic carbocycles. The quantitative estimate of drug-likeness (QED) is 0.644. The Hall–Kier alpha value is -2.45. The first-order valence-corrected chi connectivity index (χ1v) is 10.6. The van der Waals surface area contributed by atoms with E-state index in [0.717, 1.165) is 31.7 Å². The number of carbonyl (C=O) groups is 3. The third-order valence-electron chi connectivity index (χ3n) is 5.18.